The molecule has 5 heteroatoms. The molecule has 5 nitrogen and oxygen atoms in total. The van der Waals surface area contributed by atoms with Crippen LogP contribution in [0.1, 0.15) is 16.7 Å². The third kappa shape index (κ3) is 3.62. The second-order valence-electron chi connectivity index (χ2n) is 6.10. The van der Waals surface area contributed by atoms with E-state index < -0.39 is 0 Å². The van der Waals surface area contributed by atoms with Crippen molar-refractivity contribution in [2.75, 3.05) is 19.0 Å². The van der Waals surface area contributed by atoms with Crippen molar-refractivity contribution in [3.8, 4) is 11.5 Å². The first-order chi connectivity index (χ1) is 11.5. The lowest BCUT2D eigenvalue weighted by atomic mass is 10.0. The molecule has 1 heterocycles. The van der Waals surface area contributed by atoms with Crippen molar-refractivity contribution in [1.82, 2.24) is 5.32 Å². The van der Waals surface area contributed by atoms with Crippen LogP contribution >= 0.6 is 0 Å². The number of carbonyl (C=O) groups is 1. The van der Waals surface area contributed by atoms with Gasteiger partial charge in [-0.3, -0.25) is 0 Å². The largest absolute Gasteiger partial charge is 0.497 e. The van der Waals surface area contributed by atoms with E-state index in [1.807, 2.05) is 50.2 Å². The standard InChI is InChI=1S/C19H22N2O3/c1-12-4-6-17(13(2)8-12)21-19(22)20-15-9-14-10-16(23-3)5-7-18(14)24-11-15/h4-8,10,15H,9,11H2,1-3H3,(H2,20,21,22)/t15-/m0/s1. The first-order valence-corrected chi connectivity index (χ1v) is 7.99. The van der Waals surface area contributed by atoms with Gasteiger partial charge >= 0.3 is 6.03 Å². The molecular weight excluding hydrogens is 304 g/mol. The molecule has 0 spiro atoms. The summed E-state index contributed by atoms with van der Waals surface area (Å²) in [5.74, 6) is 1.64. The minimum absolute atomic E-state index is 0.0737. The third-order valence-corrected chi connectivity index (χ3v) is 4.14. The number of hydrogen-bond acceptors (Lipinski definition) is 3. The molecule has 126 valence electrons. The Morgan fingerprint density at radius 3 is 2.79 bits per heavy atom. The highest BCUT2D eigenvalue weighted by Gasteiger charge is 2.22. The number of ether oxygens (including phenoxy) is 2. The molecule has 0 aromatic heterocycles. The number of hydrogen-bond donors (Lipinski definition) is 2. The van der Waals surface area contributed by atoms with Crippen molar-refractivity contribution >= 4 is 11.7 Å². The maximum Gasteiger partial charge on any atom is 0.319 e. The number of benzene rings is 2. The zero-order valence-corrected chi connectivity index (χ0v) is 14.2. The molecular formula is C19H22N2O3. The van der Waals surface area contributed by atoms with Crippen molar-refractivity contribution in [3.63, 3.8) is 0 Å². The number of fused-ring (bicyclic) bond motifs is 1. The fourth-order valence-corrected chi connectivity index (χ4v) is 2.89. The monoisotopic (exact) mass is 326 g/mol. The second-order valence-corrected chi connectivity index (χ2v) is 6.10. The molecule has 0 saturated carbocycles. The molecule has 1 aliphatic rings. The summed E-state index contributed by atoms with van der Waals surface area (Å²) in [6.07, 6.45) is 0.715. The van der Waals surface area contributed by atoms with Crippen molar-refractivity contribution < 1.29 is 14.3 Å². The van der Waals surface area contributed by atoms with Gasteiger partial charge in [0.15, 0.2) is 0 Å². The maximum atomic E-state index is 12.3. The summed E-state index contributed by atoms with van der Waals surface area (Å²) in [4.78, 5) is 12.3. The highest BCUT2D eigenvalue weighted by molar-refractivity contribution is 5.90. The Morgan fingerprint density at radius 1 is 1.21 bits per heavy atom. The number of rotatable bonds is 3. The summed E-state index contributed by atoms with van der Waals surface area (Å²) >= 11 is 0. The van der Waals surface area contributed by atoms with Crippen LogP contribution in [0.5, 0.6) is 11.5 Å². The topological polar surface area (TPSA) is 59.6 Å². The summed E-state index contributed by atoms with van der Waals surface area (Å²) in [5, 5.41) is 5.87. The SMILES string of the molecule is COc1ccc2c(c1)C[C@H](NC(=O)Nc1ccc(C)cc1C)CO2. The van der Waals surface area contributed by atoms with Gasteiger partial charge in [-0.25, -0.2) is 4.79 Å². The molecule has 2 aromatic rings. The van der Waals surface area contributed by atoms with E-state index >= 15 is 0 Å². The number of amides is 2. The summed E-state index contributed by atoms with van der Waals surface area (Å²) in [6, 6.07) is 11.4. The molecule has 3 rings (SSSR count). The average molecular weight is 326 g/mol. The molecule has 24 heavy (non-hydrogen) atoms. The lowest BCUT2D eigenvalue weighted by Gasteiger charge is -2.26. The highest BCUT2D eigenvalue weighted by atomic mass is 16.5. The predicted molar refractivity (Wildman–Crippen MR) is 94.1 cm³/mol. The maximum absolute atomic E-state index is 12.3. The Hall–Kier alpha value is -2.69. The summed E-state index contributed by atoms with van der Waals surface area (Å²) in [7, 11) is 1.64. The van der Waals surface area contributed by atoms with Crippen molar-refractivity contribution in [2.24, 2.45) is 0 Å². The Bertz CT molecular complexity index is 758. The van der Waals surface area contributed by atoms with E-state index in [0.717, 1.165) is 28.3 Å². The van der Waals surface area contributed by atoms with Crippen LogP contribution in [0.3, 0.4) is 0 Å². The second kappa shape index (κ2) is 6.83. The van der Waals surface area contributed by atoms with Gasteiger partial charge < -0.3 is 20.1 Å². The van der Waals surface area contributed by atoms with Crippen LogP contribution in [0.4, 0.5) is 10.5 Å². The molecule has 0 radical (unpaired) electrons. The first kappa shape index (κ1) is 16.2. The Kier molecular flexibility index (Phi) is 4.60. The first-order valence-electron chi connectivity index (χ1n) is 7.99. The third-order valence-electron chi connectivity index (χ3n) is 4.14. The summed E-state index contributed by atoms with van der Waals surface area (Å²) in [5.41, 5.74) is 4.07. The van der Waals surface area contributed by atoms with Crippen molar-refractivity contribution in [3.05, 3.63) is 53.1 Å². The van der Waals surface area contributed by atoms with Crippen LogP contribution in [0.15, 0.2) is 36.4 Å². The van der Waals surface area contributed by atoms with Crippen LogP contribution in [-0.4, -0.2) is 25.8 Å². The van der Waals surface area contributed by atoms with E-state index in [1.54, 1.807) is 7.11 Å². The van der Waals surface area contributed by atoms with Gasteiger partial charge in [-0.1, -0.05) is 17.7 Å². The zero-order chi connectivity index (χ0) is 17.1. The Balaban J connectivity index is 1.63. The van der Waals surface area contributed by atoms with Crippen LogP contribution in [0.2, 0.25) is 0 Å². The normalized spacial score (nSPS) is 15.9. The molecule has 1 atom stereocenters. The van der Waals surface area contributed by atoms with Gasteiger partial charge in [0.25, 0.3) is 0 Å². The van der Waals surface area contributed by atoms with Gasteiger partial charge in [0.05, 0.1) is 13.2 Å². The molecule has 0 fully saturated rings. The van der Waals surface area contributed by atoms with Crippen LogP contribution in [0.25, 0.3) is 0 Å². The van der Waals surface area contributed by atoms with E-state index in [-0.39, 0.29) is 12.1 Å². The van der Waals surface area contributed by atoms with E-state index in [1.165, 1.54) is 5.56 Å². The van der Waals surface area contributed by atoms with E-state index in [0.29, 0.717) is 13.0 Å². The number of urea groups is 1. The lowest BCUT2D eigenvalue weighted by Crippen LogP contribution is -2.44. The fraction of sp³-hybridized carbons (Fsp3) is 0.316. The van der Waals surface area contributed by atoms with Crippen molar-refractivity contribution in [2.45, 2.75) is 26.3 Å². The predicted octanol–water partition coefficient (Wildman–Crippen LogP) is 3.44. The molecule has 0 saturated heterocycles. The van der Waals surface area contributed by atoms with Crippen LogP contribution < -0.4 is 20.1 Å². The van der Waals surface area contributed by atoms with Gasteiger partial charge in [0.1, 0.15) is 18.1 Å². The minimum Gasteiger partial charge on any atom is -0.497 e. The number of aryl methyl sites for hydroxylation is 2. The van der Waals surface area contributed by atoms with Crippen LogP contribution in [0, 0.1) is 13.8 Å². The summed E-state index contributed by atoms with van der Waals surface area (Å²) < 4.78 is 11.0. The molecule has 0 aliphatic carbocycles. The van der Waals surface area contributed by atoms with E-state index in [2.05, 4.69) is 10.6 Å². The number of anilines is 1. The zero-order valence-electron chi connectivity index (χ0n) is 14.2. The van der Waals surface area contributed by atoms with Gasteiger partial charge in [0, 0.05) is 5.69 Å². The van der Waals surface area contributed by atoms with E-state index in [4.69, 9.17) is 9.47 Å². The highest BCUT2D eigenvalue weighted by Crippen LogP contribution is 2.28. The lowest BCUT2D eigenvalue weighted by molar-refractivity contribution is 0.222. The molecule has 2 amide bonds. The van der Waals surface area contributed by atoms with Gasteiger partial charge in [-0.15, -0.1) is 0 Å². The Labute approximate surface area is 142 Å². The van der Waals surface area contributed by atoms with Gasteiger partial charge in [0.2, 0.25) is 0 Å². The number of carbonyl (C=O) groups excluding carboxylic acids is 1. The van der Waals surface area contributed by atoms with Crippen LogP contribution in [-0.2, 0) is 6.42 Å². The number of methoxy groups -OCH3 is 1. The van der Waals surface area contributed by atoms with Gasteiger partial charge in [-0.05, 0) is 55.7 Å². The molecule has 0 unspecified atom stereocenters. The fourth-order valence-electron chi connectivity index (χ4n) is 2.89. The molecule has 2 N–H and O–H groups in total. The minimum atomic E-state index is -0.220. The Morgan fingerprint density at radius 2 is 2.04 bits per heavy atom. The number of nitrogens with one attached hydrogen (secondary N) is 2. The van der Waals surface area contributed by atoms with Gasteiger partial charge in [-0.2, -0.15) is 0 Å². The molecule has 2 aromatic carbocycles. The molecule has 0 bridgehead atoms. The summed E-state index contributed by atoms with van der Waals surface area (Å²) in [6.45, 7) is 4.47. The smallest absolute Gasteiger partial charge is 0.319 e. The quantitative estimate of drug-likeness (QED) is 0.908. The average Bonchev–Trinajstić information content (AvgIpc) is 2.56. The van der Waals surface area contributed by atoms with Crippen molar-refractivity contribution in [1.29, 1.82) is 0 Å². The molecule has 1 aliphatic heterocycles. The van der Waals surface area contributed by atoms with E-state index in [9.17, 15) is 4.79 Å².